The molecule has 2 amide bonds. The summed E-state index contributed by atoms with van der Waals surface area (Å²) < 4.78 is 33.6. The van der Waals surface area contributed by atoms with Crippen LogP contribution in [0.4, 0.5) is 0 Å². The minimum atomic E-state index is -3.13. The van der Waals surface area contributed by atoms with Gasteiger partial charge in [0.15, 0.2) is 12.6 Å². The molecule has 3 saturated heterocycles. The number of ether oxygens (including phenoxy) is 6. The second-order valence-corrected chi connectivity index (χ2v) is 13.8. The van der Waals surface area contributed by atoms with Crippen LogP contribution in [0.3, 0.4) is 0 Å². The number of aliphatic hydroxyl groups is 14. The number of amides is 2. The largest absolute Gasteiger partial charge is 0.477 e. The highest BCUT2D eigenvalue weighted by Crippen LogP contribution is 2.38. The van der Waals surface area contributed by atoms with Gasteiger partial charge in [0.05, 0.1) is 45.2 Å². The van der Waals surface area contributed by atoms with Gasteiger partial charge in [0, 0.05) is 20.3 Å². The van der Waals surface area contributed by atoms with Gasteiger partial charge >= 0.3 is 5.97 Å². The van der Waals surface area contributed by atoms with E-state index in [0.29, 0.717) is 0 Å². The minimum Gasteiger partial charge on any atom is -0.477 e. The molecule has 0 radical (unpaired) electrons. The van der Waals surface area contributed by atoms with Gasteiger partial charge in [0.2, 0.25) is 11.8 Å². The highest BCUT2D eigenvalue weighted by molar-refractivity contribution is 5.76. The predicted molar refractivity (Wildman–Crippen MR) is 176 cm³/mol. The fourth-order valence-electron chi connectivity index (χ4n) is 6.65. The molecule has 332 valence electrons. The van der Waals surface area contributed by atoms with E-state index in [1.807, 2.05) is 0 Å². The van der Waals surface area contributed by atoms with Gasteiger partial charge in [0.25, 0.3) is 5.79 Å². The normalized spacial score (nSPS) is 39.3. The summed E-state index contributed by atoms with van der Waals surface area (Å²) in [6.07, 6.45) is -35.4. The molecule has 26 heteroatoms. The number of hydrogen-bond donors (Lipinski definition) is 17. The van der Waals surface area contributed by atoms with Crippen molar-refractivity contribution in [1.29, 1.82) is 0 Å². The Morgan fingerprint density at radius 3 is 1.77 bits per heavy atom. The Kier molecular flexibility index (Phi) is 18.2. The number of nitrogens with one attached hydrogen (secondary N) is 2. The molecular formula is C31H54N2O24. The first-order valence-corrected chi connectivity index (χ1v) is 17.6. The summed E-state index contributed by atoms with van der Waals surface area (Å²) in [7, 11) is 0. The highest BCUT2D eigenvalue weighted by atomic mass is 16.8. The molecular weight excluding hydrogens is 784 g/mol. The van der Waals surface area contributed by atoms with Gasteiger partial charge in [0.1, 0.15) is 91.5 Å². The van der Waals surface area contributed by atoms with Crippen molar-refractivity contribution < 1.29 is 119 Å². The molecule has 3 aliphatic rings. The molecule has 0 spiro atoms. The summed E-state index contributed by atoms with van der Waals surface area (Å²) in [5, 5.41) is 160. The maximum Gasteiger partial charge on any atom is 0.364 e. The third kappa shape index (κ3) is 11.3. The van der Waals surface area contributed by atoms with Crippen molar-refractivity contribution in [3.05, 3.63) is 0 Å². The fourth-order valence-corrected chi connectivity index (χ4v) is 6.65. The number of carbonyl (C=O) groups excluding carboxylic acids is 2. The van der Waals surface area contributed by atoms with Crippen LogP contribution in [0.15, 0.2) is 0 Å². The number of carboxylic acid groups (broad SMARTS) is 1. The van der Waals surface area contributed by atoms with Crippen molar-refractivity contribution >= 4 is 17.8 Å². The number of hydrogen-bond acceptors (Lipinski definition) is 23. The number of aliphatic carboxylic acids is 1. The lowest BCUT2D eigenvalue weighted by atomic mass is 9.88. The van der Waals surface area contributed by atoms with E-state index in [0.717, 1.165) is 13.8 Å². The zero-order chi connectivity index (χ0) is 43.1. The summed E-state index contributed by atoms with van der Waals surface area (Å²) in [5.41, 5.74) is 0. The Bertz CT molecular complexity index is 1300. The molecule has 20 atom stereocenters. The molecule has 3 rings (SSSR count). The van der Waals surface area contributed by atoms with Crippen LogP contribution in [0, 0.1) is 0 Å². The number of carboxylic acids is 1. The smallest absolute Gasteiger partial charge is 0.364 e. The molecule has 0 unspecified atom stereocenters. The van der Waals surface area contributed by atoms with Gasteiger partial charge in [-0.05, 0) is 0 Å². The van der Waals surface area contributed by atoms with Crippen LogP contribution in [0.25, 0.3) is 0 Å². The minimum absolute atomic E-state index is 0.794. The summed E-state index contributed by atoms with van der Waals surface area (Å²) in [6.45, 7) is -3.33. The van der Waals surface area contributed by atoms with Crippen LogP contribution < -0.4 is 10.6 Å². The van der Waals surface area contributed by atoms with E-state index in [-0.39, 0.29) is 0 Å². The van der Waals surface area contributed by atoms with Gasteiger partial charge in [-0.1, -0.05) is 0 Å². The van der Waals surface area contributed by atoms with E-state index in [1.54, 1.807) is 0 Å². The zero-order valence-corrected chi connectivity index (χ0v) is 30.6. The van der Waals surface area contributed by atoms with Gasteiger partial charge in [-0.3, -0.25) is 9.59 Å². The summed E-state index contributed by atoms with van der Waals surface area (Å²) in [6, 6.07) is -3.37. The van der Waals surface area contributed by atoms with E-state index in [2.05, 4.69) is 10.6 Å². The molecule has 57 heavy (non-hydrogen) atoms. The molecule has 0 saturated carbocycles. The first kappa shape index (κ1) is 49.0. The van der Waals surface area contributed by atoms with Crippen molar-refractivity contribution in [1.82, 2.24) is 10.6 Å². The van der Waals surface area contributed by atoms with Crippen molar-refractivity contribution in [3.63, 3.8) is 0 Å². The average molecular weight is 839 g/mol. The van der Waals surface area contributed by atoms with E-state index in [1.165, 1.54) is 0 Å². The topological polar surface area (TPSA) is 434 Å². The van der Waals surface area contributed by atoms with E-state index >= 15 is 0 Å². The van der Waals surface area contributed by atoms with Crippen LogP contribution in [0.1, 0.15) is 20.3 Å². The Labute approximate surface area is 323 Å². The Balaban J connectivity index is 1.98. The van der Waals surface area contributed by atoms with Crippen LogP contribution in [0.5, 0.6) is 0 Å². The molecule has 26 nitrogen and oxygen atoms in total. The quantitative estimate of drug-likeness (QED) is 0.0574. The van der Waals surface area contributed by atoms with Crippen LogP contribution in [-0.4, -0.2) is 249 Å². The zero-order valence-electron chi connectivity index (χ0n) is 30.6. The van der Waals surface area contributed by atoms with Crippen molar-refractivity contribution in [2.45, 2.75) is 142 Å². The van der Waals surface area contributed by atoms with E-state index < -0.39 is 179 Å². The predicted octanol–water partition coefficient (Wildman–Crippen LogP) is -10.6. The van der Waals surface area contributed by atoms with Crippen molar-refractivity contribution in [2.24, 2.45) is 0 Å². The molecule has 3 heterocycles. The fraction of sp³-hybridized carbons (Fsp3) is 0.903. The molecule has 0 aromatic rings. The third-order valence-corrected chi connectivity index (χ3v) is 9.62. The first-order valence-electron chi connectivity index (χ1n) is 17.6. The molecule has 0 aromatic heterocycles. The standard InChI is InChI=1S/C31H54N2O24/c1-9(39)32-17-11(41)3-31(30(50)51,56-26(17)20(46)13(43)5-35)57-27-21(47)15(7-37)52-29(23(27)49)55-25-16(8-38)53-28(18(22(25)48)33-10(2)40)54-24(14(44)6-36)19(45)12(42)4-34/h11-29,34-38,41-49H,3-8H2,1-2H3,(H,32,39)(H,33,40)(H,50,51)/t11-,12+,13+,14-,15+,16+,17+,18+,19-,20+,21-,22+,23+,24+,25+,26+,27-,28-,29-,31-/m0/s1. The van der Waals surface area contributed by atoms with Crippen LogP contribution in [-0.2, 0) is 42.8 Å². The lowest BCUT2D eigenvalue weighted by Gasteiger charge is -2.51. The molecule has 0 aromatic carbocycles. The number of aliphatic hydroxyl groups excluding tert-OH is 14. The monoisotopic (exact) mass is 838 g/mol. The summed E-state index contributed by atoms with van der Waals surface area (Å²) >= 11 is 0. The van der Waals surface area contributed by atoms with Gasteiger partial charge in [-0.25, -0.2) is 4.79 Å². The second-order valence-electron chi connectivity index (χ2n) is 13.8. The SMILES string of the molecule is CC(=O)N[C@H]1[C@H](O[C@@H]([C@@H](O)[C@H](O)CO)[C@@H](O)CO)O[C@H](CO)[C@@H](O[C@@H]2O[C@H](CO)[C@H](O)[C@H](O[C@]3(C(=O)O)C[C@H](O)[C@@H](NC(C)=O)[C@H]([C@H](O)[C@H](O)CO)O3)[C@H]2O)[C@@H]1O. The second kappa shape index (κ2) is 21.2. The van der Waals surface area contributed by atoms with E-state index in [9.17, 15) is 91.0 Å². The van der Waals surface area contributed by atoms with Gasteiger partial charge in [-0.15, -0.1) is 0 Å². The van der Waals surface area contributed by atoms with Crippen LogP contribution >= 0.6 is 0 Å². The molecule has 0 bridgehead atoms. The summed E-state index contributed by atoms with van der Waals surface area (Å²) in [5.74, 6) is -6.81. The summed E-state index contributed by atoms with van der Waals surface area (Å²) in [4.78, 5) is 36.9. The van der Waals surface area contributed by atoms with E-state index in [4.69, 9.17) is 28.4 Å². The Hall–Kier alpha value is -2.39. The van der Waals surface area contributed by atoms with Crippen LogP contribution in [0.2, 0.25) is 0 Å². The van der Waals surface area contributed by atoms with Crippen molar-refractivity contribution in [2.75, 3.05) is 33.0 Å². The van der Waals surface area contributed by atoms with Gasteiger partial charge < -0.3 is 116 Å². The molecule has 3 fully saturated rings. The lowest BCUT2D eigenvalue weighted by Crippen LogP contribution is -2.71. The molecule has 17 N–H and O–H groups in total. The molecule has 0 aliphatic carbocycles. The Morgan fingerprint density at radius 2 is 1.26 bits per heavy atom. The Morgan fingerprint density at radius 1 is 0.719 bits per heavy atom. The van der Waals surface area contributed by atoms with Gasteiger partial charge in [-0.2, -0.15) is 0 Å². The number of carbonyl (C=O) groups is 3. The lowest BCUT2D eigenvalue weighted by molar-refractivity contribution is -0.384. The van der Waals surface area contributed by atoms with Crippen molar-refractivity contribution in [3.8, 4) is 0 Å². The number of rotatable bonds is 19. The molecule has 3 aliphatic heterocycles. The average Bonchev–Trinajstić information content (AvgIpc) is 3.17. The maximum absolute atomic E-state index is 12.8. The highest BCUT2D eigenvalue weighted by Gasteiger charge is 2.60. The maximum atomic E-state index is 12.8. The third-order valence-electron chi connectivity index (χ3n) is 9.62. The first-order chi connectivity index (χ1) is 26.7.